The second-order valence-electron chi connectivity index (χ2n) is 16.8. The summed E-state index contributed by atoms with van der Waals surface area (Å²) in [6.45, 7) is 13.3. The Morgan fingerprint density at radius 2 is 1.65 bits per heavy atom. The first kappa shape index (κ1) is 44.4. The maximum Gasteiger partial charge on any atom is 0.410 e. The second-order valence-corrected chi connectivity index (χ2v) is 16.8. The van der Waals surface area contributed by atoms with E-state index in [0.29, 0.717) is 32.4 Å². The number of likely N-dealkylation sites (N-methyl/N-ethyl adjacent to an activating group) is 1. The lowest BCUT2D eigenvalue weighted by atomic mass is 9.75. The number of aliphatic hydroxyl groups excluding tert-OH is 1. The summed E-state index contributed by atoms with van der Waals surface area (Å²) in [7, 11) is 5.25. The van der Waals surface area contributed by atoms with Crippen molar-refractivity contribution >= 4 is 23.6 Å². The Kier molecular flexibility index (Phi) is 14.7. The number of rotatable bonds is 11. The minimum atomic E-state index is -1.25. The first-order valence-electron chi connectivity index (χ1n) is 20.5. The van der Waals surface area contributed by atoms with Crippen molar-refractivity contribution in [3.63, 3.8) is 0 Å². The van der Waals surface area contributed by atoms with E-state index < -0.39 is 83.9 Å². The van der Waals surface area contributed by atoms with E-state index >= 15 is 0 Å². The summed E-state index contributed by atoms with van der Waals surface area (Å²) in [4.78, 5) is 64.3. The highest BCUT2D eigenvalue weighted by molar-refractivity contribution is 6.00. The number of cyclic esters (lactones) is 1. The number of hydrogen-bond acceptors (Lipinski definition) is 12. The number of methoxy groups -OCH3 is 1. The molecule has 3 saturated heterocycles. The van der Waals surface area contributed by atoms with Crippen LogP contribution in [0.3, 0.4) is 0 Å². The van der Waals surface area contributed by atoms with Crippen LogP contribution < -0.4 is 0 Å². The van der Waals surface area contributed by atoms with Gasteiger partial charge in [0.05, 0.1) is 35.9 Å². The van der Waals surface area contributed by atoms with E-state index in [4.69, 9.17) is 23.7 Å². The molecule has 0 saturated carbocycles. The number of aromatic nitrogens is 2. The Morgan fingerprint density at radius 3 is 2.30 bits per heavy atom. The summed E-state index contributed by atoms with van der Waals surface area (Å²) in [6, 6.07) is 8.93. The van der Waals surface area contributed by atoms with E-state index in [1.165, 1.54) is 14.0 Å². The first-order valence-corrected chi connectivity index (χ1v) is 20.5. The number of amides is 1. The Labute approximate surface area is 337 Å². The van der Waals surface area contributed by atoms with Gasteiger partial charge in [-0.2, -0.15) is 0 Å². The van der Waals surface area contributed by atoms with Crippen LogP contribution in [0.1, 0.15) is 80.6 Å². The zero-order valence-corrected chi connectivity index (χ0v) is 35.3. The third kappa shape index (κ3) is 9.79. The van der Waals surface area contributed by atoms with Crippen LogP contribution in [0.4, 0.5) is 4.79 Å². The highest BCUT2D eigenvalue weighted by atomic mass is 16.7. The van der Waals surface area contributed by atoms with Gasteiger partial charge >= 0.3 is 12.1 Å². The zero-order valence-electron chi connectivity index (χ0n) is 35.3. The maximum absolute atomic E-state index is 14.6. The lowest BCUT2D eigenvalue weighted by Gasteiger charge is -2.47. The van der Waals surface area contributed by atoms with Crippen LogP contribution in [0.15, 0.2) is 42.9 Å². The molecule has 4 heterocycles. The first-order chi connectivity index (χ1) is 27.0. The lowest BCUT2D eigenvalue weighted by molar-refractivity contribution is -0.295. The normalized spacial score (nSPS) is 35.8. The molecule has 13 atom stereocenters. The van der Waals surface area contributed by atoms with Crippen molar-refractivity contribution in [2.24, 2.45) is 23.7 Å². The third-order valence-corrected chi connectivity index (χ3v) is 12.4. The fourth-order valence-electron chi connectivity index (χ4n) is 8.99. The van der Waals surface area contributed by atoms with Crippen LogP contribution in [-0.2, 0) is 44.6 Å². The van der Waals surface area contributed by atoms with Gasteiger partial charge in [-0.3, -0.25) is 14.4 Å². The quantitative estimate of drug-likeness (QED) is 0.182. The molecule has 3 aliphatic heterocycles. The molecule has 3 aliphatic rings. The summed E-state index contributed by atoms with van der Waals surface area (Å²) >= 11 is 0. The number of aliphatic hydroxyl groups is 1. The Morgan fingerprint density at radius 1 is 0.965 bits per heavy atom. The number of ketones is 2. The van der Waals surface area contributed by atoms with Gasteiger partial charge < -0.3 is 43.2 Å². The van der Waals surface area contributed by atoms with Crippen molar-refractivity contribution in [3.8, 4) is 11.3 Å². The number of fused-ring (bicyclic) bond motifs is 1. The fraction of sp³-hybridized carbons (Fsp3) is 0.698. The number of hydrogen-bond donors (Lipinski definition) is 1. The van der Waals surface area contributed by atoms with Crippen molar-refractivity contribution < 1.29 is 48.0 Å². The number of nitrogens with zero attached hydrogens (tertiary/aromatic N) is 4. The number of Topliss-reactive ketones (excluding diaryl/α,β-unsaturated/α-hetero) is 2. The molecule has 1 unspecified atom stereocenters. The number of carbonyl (C=O) groups excluding carboxylic acids is 4. The van der Waals surface area contributed by atoms with Crippen molar-refractivity contribution in [2.75, 3.05) is 27.7 Å². The van der Waals surface area contributed by atoms with E-state index in [2.05, 4.69) is 4.98 Å². The topological polar surface area (TPSA) is 159 Å². The molecule has 0 aliphatic carbocycles. The highest BCUT2D eigenvalue weighted by Gasteiger charge is 2.54. The molecule has 316 valence electrons. The SMILES string of the molecule is CC[C@H]1OC(=O)[C@H](C)C(=O)[C@H](C)[C@@H](OC2O[C@H](C)C[C@H](N(C)C)[C@H]2O)[C@@](C)(OC)C[C@@H](C)C(=O)[C@H](C)[C@@H]2[C@@H]1OC(=O)N2CCCCn1cnc(-c2ccccc2)c1. The zero-order chi connectivity index (χ0) is 41.8. The predicted octanol–water partition coefficient (Wildman–Crippen LogP) is 5.14. The number of ether oxygens (including phenoxy) is 5. The summed E-state index contributed by atoms with van der Waals surface area (Å²) in [5, 5.41) is 11.4. The van der Waals surface area contributed by atoms with E-state index in [1.54, 1.807) is 32.0 Å². The van der Waals surface area contributed by atoms with E-state index in [-0.39, 0.29) is 24.3 Å². The van der Waals surface area contributed by atoms with Crippen LogP contribution in [0.25, 0.3) is 11.3 Å². The summed E-state index contributed by atoms with van der Waals surface area (Å²) < 4.78 is 32.9. The molecule has 1 N–H and O–H groups in total. The third-order valence-electron chi connectivity index (χ3n) is 12.4. The van der Waals surface area contributed by atoms with E-state index in [9.17, 15) is 24.3 Å². The van der Waals surface area contributed by atoms with Gasteiger partial charge in [-0.05, 0) is 67.0 Å². The number of esters is 1. The Balaban J connectivity index is 1.40. The smallest absolute Gasteiger partial charge is 0.410 e. The second kappa shape index (κ2) is 18.9. The molecule has 0 radical (unpaired) electrons. The molecule has 5 rings (SSSR count). The summed E-state index contributed by atoms with van der Waals surface area (Å²) in [5.41, 5.74) is 0.653. The van der Waals surface area contributed by atoms with Gasteiger partial charge in [0, 0.05) is 55.8 Å². The molecule has 0 bridgehead atoms. The van der Waals surface area contributed by atoms with Crippen molar-refractivity contribution in [2.45, 2.75) is 142 Å². The number of aryl methyl sites for hydroxylation is 1. The minimum Gasteiger partial charge on any atom is -0.458 e. The fourth-order valence-corrected chi connectivity index (χ4v) is 8.99. The average Bonchev–Trinajstić information content (AvgIpc) is 3.80. The Hall–Kier alpha value is -3.69. The van der Waals surface area contributed by atoms with E-state index in [0.717, 1.165) is 17.7 Å². The van der Waals surface area contributed by atoms with Crippen LogP contribution in [0.5, 0.6) is 0 Å². The van der Waals surface area contributed by atoms with Crippen LogP contribution in [0, 0.1) is 23.7 Å². The maximum atomic E-state index is 14.6. The van der Waals surface area contributed by atoms with Crippen LogP contribution >= 0.6 is 0 Å². The minimum absolute atomic E-state index is 0.136. The summed E-state index contributed by atoms with van der Waals surface area (Å²) in [5.74, 6) is -4.83. The average molecular weight is 797 g/mol. The van der Waals surface area contributed by atoms with E-state index in [1.807, 2.05) is 80.9 Å². The molecule has 14 heteroatoms. The molecule has 14 nitrogen and oxygen atoms in total. The molecule has 1 aromatic carbocycles. The van der Waals surface area contributed by atoms with Gasteiger partial charge in [0.2, 0.25) is 0 Å². The molecule has 0 spiro atoms. The van der Waals surface area contributed by atoms with Gasteiger partial charge in [0.1, 0.15) is 23.9 Å². The lowest BCUT2D eigenvalue weighted by Crippen LogP contribution is -2.59. The number of carbonyl (C=O) groups is 4. The van der Waals surface area contributed by atoms with Gasteiger partial charge in [-0.1, -0.05) is 58.0 Å². The van der Waals surface area contributed by atoms with Gasteiger partial charge in [-0.25, -0.2) is 9.78 Å². The standard InChI is InChI=1S/C43H64N4O10/c1-11-33-38-34(47(42(52)56-38)20-16-15-19-46-23-31(44-24-46)30-17-13-12-14-18-30)27(4)35(48)25(2)22-43(7,53-10)39(28(5)36(49)29(6)40(51)55-33)57-41-37(50)32(45(8)9)21-26(3)54-41/h12-14,17-18,23-29,32-34,37-39,41,50H,11,15-16,19-22H2,1-10H3/t25-,26-,27-,28+,29-,32+,33-,34-,37-,38-,39-,41?,43+/m1/s1. The van der Waals surface area contributed by atoms with Gasteiger partial charge in [0.15, 0.2) is 18.2 Å². The highest BCUT2D eigenvalue weighted by Crippen LogP contribution is 2.39. The molecule has 1 aromatic heterocycles. The van der Waals surface area contributed by atoms with Crippen LogP contribution in [0.2, 0.25) is 0 Å². The number of imidazole rings is 1. The monoisotopic (exact) mass is 796 g/mol. The predicted molar refractivity (Wildman–Crippen MR) is 212 cm³/mol. The number of benzene rings is 1. The van der Waals surface area contributed by atoms with Crippen molar-refractivity contribution in [1.29, 1.82) is 0 Å². The molecule has 2 aromatic rings. The van der Waals surface area contributed by atoms with Gasteiger partial charge in [-0.15, -0.1) is 0 Å². The largest absolute Gasteiger partial charge is 0.458 e. The van der Waals surface area contributed by atoms with Crippen LogP contribution in [-0.4, -0.2) is 130 Å². The van der Waals surface area contributed by atoms with Crippen molar-refractivity contribution in [1.82, 2.24) is 19.4 Å². The number of unbranched alkanes of at least 4 members (excludes halogenated alkanes) is 1. The molecule has 1 amide bonds. The van der Waals surface area contributed by atoms with Gasteiger partial charge in [0.25, 0.3) is 0 Å². The Bertz CT molecular complexity index is 1690. The molecule has 3 fully saturated rings. The molecule has 57 heavy (non-hydrogen) atoms. The molecular formula is C43H64N4O10. The molecular weight excluding hydrogens is 732 g/mol. The summed E-state index contributed by atoms with van der Waals surface area (Å²) in [6.07, 6.45) is 0.310. The van der Waals surface area contributed by atoms with Crippen molar-refractivity contribution in [3.05, 3.63) is 42.9 Å².